The summed E-state index contributed by atoms with van der Waals surface area (Å²) >= 11 is 3.33. The van der Waals surface area contributed by atoms with Crippen LogP contribution in [0.5, 0.6) is 0 Å². The summed E-state index contributed by atoms with van der Waals surface area (Å²) in [5.41, 5.74) is 0.798. The molecule has 0 N–H and O–H groups in total. The maximum Gasteiger partial charge on any atom is 0.243 e. The second kappa shape index (κ2) is 4.71. The third-order valence-corrected chi connectivity index (χ3v) is 5.88. The fraction of sp³-hybridized carbons (Fsp3) is 0.500. The van der Waals surface area contributed by atoms with E-state index in [-0.39, 0.29) is 6.04 Å². The molecule has 1 aliphatic heterocycles. The molecule has 0 amide bonds. The molecular formula is C12H16BrNO2S. The average molecular weight is 318 g/mol. The standard InChI is InChI=1S/C12H16BrNO2S/c1-9-5-6-11(13)8-12(9)17(15,16)14-7-3-4-10(14)2/h5-6,8,10H,3-4,7H2,1-2H3. The Hall–Kier alpha value is -0.390. The molecule has 0 aromatic heterocycles. The summed E-state index contributed by atoms with van der Waals surface area (Å²) in [5, 5.41) is 0. The van der Waals surface area contributed by atoms with Gasteiger partial charge in [0.2, 0.25) is 10.0 Å². The van der Waals surface area contributed by atoms with Crippen LogP contribution in [-0.2, 0) is 10.0 Å². The summed E-state index contributed by atoms with van der Waals surface area (Å²) < 4.78 is 27.5. The molecule has 1 aromatic carbocycles. The summed E-state index contributed by atoms with van der Waals surface area (Å²) in [4.78, 5) is 0.417. The van der Waals surface area contributed by atoms with Crippen molar-refractivity contribution in [1.29, 1.82) is 0 Å². The van der Waals surface area contributed by atoms with E-state index in [1.165, 1.54) is 0 Å². The zero-order valence-corrected chi connectivity index (χ0v) is 12.4. The van der Waals surface area contributed by atoms with Crippen molar-refractivity contribution in [2.24, 2.45) is 0 Å². The molecule has 0 aliphatic carbocycles. The largest absolute Gasteiger partial charge is 0.243 e. The molecule has 1 fully saturated rings. The Labute approximate surface area is 111 Å². The molecule has 0 bridgehead atoms. The van der Waals surface area contributed by atoms with Gasteiger partial charge in [-0.2, -0.15) is 4.31 Å². The van der Waals surface area contributed by atoms with Crippen molar-refractivity contribution in [3.8, 4) is 0 Å². The molecule has 0 saturated carbocycles. The molecule has 1 heterocycles. The molecule has 5 heteroatoms. The van der Waals surface area contributed by atoms with Crippen LogP contribution >= 0.6 is 15.9 Å². The molecule has 2 rings (SSSR count). The van der Waals surface area contributed by atoms with Gasteiger partial charge in [-0.1, -0.05) is 22.0 Å². The number of benzene rings is 1. The first-order chi connectivity index (χ1) is 7.93. The number of hydrogen-bond acceptors (Lipinski definition) is 2. The minimum absolute atomic E-state index is 0.110. The maximum atomic E-state index is 12.5. The number of halogens is 1. The van der Waals surface area contributed by atoms with Gasteiger partial charge < -0.3 is 0 Å². The van der Waals surface area contributed by atoms with Crippen molar-refractivity contribution in [3.63, 3.8) is 0 Å². The van der Waals surface area contributed by atoms with Crippen molar-refractivity contribution < 1.29 is 8.42 Å². The third kappa shape index (κ3) is 2.41. The van der Waals surface area contributed by atoms with Crippen LogP contribution < -0.4 is 0 Å². The topological polar surface area (TPSA) is 37.4 Å². The van der Waals surface area contributed by atoms with Crippen LogP contribution in [0, 0.1) is 6.92 Å². The van der Waals surface area contributed by atoms with Gasteiger partial charge in [-0.05, 0) is 44.4 Å². The first-order valence-corrected chi connectivity index (χ1v) is 7.94. The third-order valence-electron chi connectivity index (χ3n) is 3.23. The highest BCUT2D eigenvalue weighted by Gasteiger charge is 2.33. The van der Waals surface area contributed by atoms with Crippen LogP contribution in [0.15, 0.2) is 27.6 Å². The number of sulfonamides is 1. The zero-order chi connectivity index (χ0) is 12.6. The van der Waals surface area contributed by atoms with E-state index < -0.39 is 10.0 Å². The van der Waals surface area contributed by atoms with Gasteiger partial charge in [0.1, 0.15) is 0 Å². The fourth-order valence-electron chi connectivity index (χ4n) is 2.24. The average Bonchev–Trinajstić information content (AvgIpc) is 2.68. The quantitative estimate of drug-likeness (QED) is 0.841. The van der Waals surface area contributed by atoms with Crippen molar-refractivity contribution in [3.05, 3.63) is 28.2 Å². The molecule has 3 nitrogen and oxygen atoms in total. The van der Waals surface area contributed by atoms with Crippen LogP contribution in [0.3, 0.4) is 0 Å². The van der Waals surface area contributed by atoms with Gasteiger partial charge >= 0.3 is 0 Å². The lowest BCUT2D eigenvalue weighted by atomic mass is 10.2. The normalized spacial score (nSPS) is 21.9. The second-order valence-electron chi connectivity index (χ2n) is 4.52. The molecule has 0 spiro atoms. The lowest BCUT2D eigenvalue weighted by molar-refractivity contribution is 0.408. The van der Waals surface area contributed by atoms with Crippen LogP contribution in [-0.4, -0.2) is 25.3 Å². The van der Waals surface area contributed by atoms with Crippen LogP contribution in [0.25, 0.3) is 0 Å². The summed E-state index contributed by atoms with van der Waals surface area (Å²) in [7, 11) is -3.34. The van der Waals surface area contributed by atoms with Crippen LogP contribution in [0.2, 0.25) is 0 Å². The number of nitrogens with zero attached hydrogens (tertiary/aromatic N) is 1. The Balaban J connectivity index is 2.48. The molecule has 1 unspecified atom stereocenters. The van der Waals surface area contributed by atoms with E-state index in [0.29, 0.717) is 11.4 Å². The second-order valence-corrected chi connectivity index (χ2v) is 7.29. The highest BCUT2D eigenvalue weighted by atomic mass is 79.9. The predicted molar refractivity (Wildman–Crippen MR) is 71.5 cm³/mol. The molecule has 1 aromatic rings. The van der Waals surface area contributed by atoms with Gasteiger partial charge in [-0.3, -0.25) is 0 Å². The molecule has 17 heavy (non-hydrogen) atoms. The Morgan fingerprint density at radius 2 is 2.12 bits per heavy atom. The number of aryl methyl sites for hydroxylation is 1. The van der Waals surface area contributed by atoms with Gasteiger partial charge in [0.05, 0.1) is 4.90 Å². The van der Waals surface area contributed by atoms with Crippen molar-refractivity contribution in [2.75, 3.05) is 6.54 Å². The zero-order valence-electron chi connectivity index (χ0n) is 9.98. The fourth-order valence-corrected chi connectivity index (χ4v) is 4.71. The first kappa shape index (κ1) is 13.1. The van der Waals surface area contributed by atoms with E-state index in [4.69, 9.17) is 0 Å². The van der Waals surface area contributed by atoms with E-state index in [0.717, 1.165) is 22.9 Å². The minimum Gasteiger partial charge on any atom is -0.207 e. The van der Waals surface area contributed by atoms with Gasteiger partial charge in [0, 0.05) is 17.1 Å². The van der Waals surface area contributed by atoms with E-state index >= 15 is 0 Å². The van der Waals surface area contributed by atoms with Crippen molar-refractivity contribution in [1.82, 2.24) is 4.31 Å². The molecule has 94 valence electrons. The highest BCUT2D eigenvalue weighted by molar-refractivity contribution is 9.10. The van der Waals surface area contributed by atoms with E-state index in [1.807, 2.05) is 26.0 Å². The SMILES string of the molecule is Cc1ccc(Br)cc1S(=O)(=O)N1CCCC1C. The molecule has 1 aliphatic rings. The first-order valence-electron chi connectivity index (χ1n) is 5.71. The number of hydrogen-bond donors (Lipinski definition) is 0. The van der Waals surface area contributed by atoms with Gasteiger partial charge in [0.15, 0.2) is 0 Å². The Morgan fingerprint density at radius 1 is 1.41 bits per heavy atom. The Kier molecular flexibility index (Phi) is 3.61. The Morgan fingerprint density at radius 3 is 2.71 bits per heavy atom. The molecule has 1 saturated heterocycles. The van der Waals surface area contributed by atoms with E-state index in [9.17, 15) is 8.42 Å². The monoisotopic (exact) mass is 317 g/mol. The summed E-state index contributed by atoms with van der Waals surface area (Å²) in [6, 6.07) is 5.49. The molecule has 1 atom stereocenters. The lowest BCUT2D eigenvalue weighted by Crippen LogP contribution is -2.34. The van der Waals surface area contributed by atoms with Gasteiger partial charge in [-0.25, -0.2) is 8.42 Å². The number of rotatable bonds is 2. The summed E-state index contributed by atoms with van der Waals surface area (Å²) in [6.07, 6.45) is 1.90. The Bertz CT molecular complexity index is 527. The van der Waals surface area contributed by atoms with E-state index in [1.54, 1.807) is 10.4 Å². The van der Waals surface area contributed by atoms with Gasteiger partial charge in [-0.15, -0.1) is 0 Å². The van der Waals surface area contributed by atoms with E-state index in [2.05, 4.69) is 15.9 Å². The van der Waals surface area contributed by atoms with Crippen molar-refractivity contribution in [2.45, 2.75) is 37.6 Å². The smallest absolute Gasteiger partial charge is 0.207 e. The summed E-state index contributed by atoms with van der Waals surface area (Å²) in [5.74, 6) is 0. The van der Waals surface area contributed by atoms with Gasteiger partial charge in [0.25, 0.3) is 0 Å². The molecular weight excluding hydrogens is 302 g/mol. The minimum atomic E-state index is -3.34. The van der Waals surface area contributed by atoms with Crippen LogP contribution in [0.4, 0.5) is 0 Å². The summed E-state index contributed by atoms with van der Waals surface area (Å²) in [6.45, 7) is 4.44. The highest BCUT2D eigenvalue weighted by Crippen LogP contribution is 2.29. The predicted octanol–water partition coefficient (Wildman–Crippen LogP) is 2.93. The van der Waals surface area contributed by atoms with Crippen molar-refractivity contribution >= 4 is 26.0 Å². The van der Waals surface area contributed by atoms with Crippen LogP contribution in [0.1, 0.15) is 25.3 Å². The molecule has 0 radical (unpaired) electrons. The maximum absolute atomic E-state index is 12.5. The lowest BCUT2D eigenvalue weighted by Gasteiger charge is -2.22.